The van der Waals surface area contributed by atoms with E-state index in [0.29, 0.717) is 22.3 Å². The van der Waals surface area contributed by atoms with Gasteiger partial charge in [-0.05, 0) is 34.4 Å². The molecular formula is C43H42N2O5S. The Bertz CT molecular complexity index is 1910. The Morgan fingerprint density at radius 3 is 1.69 bits per heavy atom. The number of hydrogen-bond acceptors (Lipinski definition) is 6. The van der Waals surface area contributed by atoms with Gasteiger partial charge in [-0.1, -0.05) is 142 Å². The number of rotatable bonds is 11. The minimum absolute atomic E-state index is 0.115. The van der Waals surface area contributed by atoms with Crippen molar-refractivity contribution >= 4 is 29.7 Å². The van der Waals surface area contributed by atoms with Gasteiger partial charge in [-0.25, -0.2) is 9.59 Å². The van der Waals surface area contributed by atoms with E-state index in [-0.39, 0.29) is 28.9 Å². The number of carbonyl (C=O) groups is 3. The minimum Gasteiger partial charge on any atom is -0.449 e. The van der Waals surface area contributed by atoms with Gasteiger partial charge in [0.05, 0.1) is 0 Å². The molecule has 1 aliphatic rings. The van der Waals surface area contributed by atoms with E-state index in [1.807, 2.05) is 84.9 Å². The normalized spacial score (nSPS) is 13.0. The number of nitrogens with one attached hydrogen (secondary N) is 2. The molecule has 0 bridgehead atoms. The standard InChI is InChI=1S/C43H42N2O5S/c1-42(2,3)51-28-38(45-41(48)49-27-37-35-21-13-11-19-33(35)34-20-12-14-22-36(34)37)40(47)50-43(30-15-7-5-8-16-30,31-17-9-6-10-18-31)32-25-23-29(24-26-32)39(46)44-4/h5-26,37-38H,27-28H2,1-4H3,(H,44,46)(H,45,48)/t38-/m0/s1. The van der Waals surface area contributed by atoms with Crippen molar-refractivity contribution in [1.82, 2.24) is 10.6 Å². The Morgan fingerprint density at radius 1 is 0.686 bits per heavy atom. The highest BCUT2D eigenvalue weighted by molar-refractivity contribution is 8.00. The molecule has 51 heavy (non-hydrogen) atoms. The molecular weight excluding hydrogens is 657 g/mol. The van der Waals surface area contributed by atoms with Gasteiger partial charge in [-0.2, -0.15) is 11.8 Å². The molecule has 0 spiro atoms. The first kappa shape index (κ1) is 35.5. The van der Waals surface area contributed by atoms with Crippen LogP contribution in [-0.2, 0) is 19.9 Å². The molecule has 0 unspecified atom stereocenters. The summed E-state index contributed by atoms with van der Waals surface area (Å²) in [5.41, 5.74) is 5.59. The number of thioether (sulfide) groups is 1. The van der Waals surface area contributed by atoms with Crippen molar-refractivity contribution in [1.29, 1.82) is 0 Å². The van der Waals surface area contributed by atoms with Crippen molar-refractivity contribution in [3.8, 4) is 11.1 Å². The van der Waals surface area contributed by atoms with Crippen LogP contribution in [0.5, 0.6) is 0 Å². The van der Waals surface area contributed by atoms with Crippen LogP contribution in [0.2, 0.25) is 0 Å². The number of ether oxygens (including phenoxy) is 2. The summed E-state index contributed by atoms with van der Waals surface area (Å²) >= 11 is 1.54. The largest absolute Gasteiger partial charge is 0.449 e. The number of amides is 2. The van der Waals surface area contributed by atoms with Crippen LogP contribution in [-0.4, -0.2) is 48.2 Å². The summed E-state index contributed by atoms with van der Waals surface area (Å²) in [5.74, 6) is -0.723. The molecule has 0 aromatic heterocycles. The number of carbonyl (C=O) groups excluding carboxylic acids is 3. The van der Waals surface area contributed by atoms with E-state index < -0.39 is 23.7 Å². The highest BCUT2D eigenvalue weighted by atomic mass is 32.2. The fraction of sp³-hybridized carbons (Fsp3) is 0.233. The van der Waals surface area contributed by atoms with Gasteiger partial charge in [-0.15, -0.1) is 0 Å². The van der Waals surface area contributed by atoms with E-state index in [4.69, 9.17) is 9.47 Å². The number of benzene rings is 5. The molecule has 0 heterocycles. The molecule has 260 valence electrons. The molecule has 7 nitrogen and oxygen atoms in total. The Balaban J connectivity index is 1.32. The fourth-order valence-corrected chi connectivity index (χ4v) is 7.42. The quantitative estimate of drug-likeness (QED) is 0.107. The highest BCUT2D eigenvalue weighted by Crippen LogP contribution is 2.45. The lowest BCUT2D eigenvalue weighted by Gasteiger charge is -2.36. The van der Waals surface area contributed by atoms with Crippen LogP contribution in [0.25, 0.3) is 11.1 Å². The van der Waals surface area contributed by atoms with Gasteiger partial charge in [0.25, 0.3) is 5.91 Å². The first-order chi connectivity index (χ1) is 24.6. The lowest BCUT2D eigenvalue weighted by molar-refractivity contribution is -0.155. The highest BCUT2D eigenvalue weighted by Gasteiger charge is 2.43. The SMILES string of the molecule is CNC(=O)c1ccc(C(OC(=O)[C@H](CSC(C)(C)C)NC(=O)OCC2c3ccccc3-c3ccccc32)(c2ccccc2)c2ccccc2)cc1. The molecule has 0 saturated heterocycles. The third-order valence-corrected chi connectivity index (χ3v) is 10.4. The first-order valence-corrected chi connectivity index (χ1v) is 18.0. The Kier molecular flexibility index (Phi) is 10.6. The summed E-state index contributed by atoms with van der Waals surface area (Å²) in [7, 11) is 1.58. The molecule has 1 aliphatic carbocycles. The first-order valence-electron chi connectivity index (χ1n) is 17.0. The van der Waals surface area contributed by atoms with E-state index in [1.54, 1.807) is 43.1 Å². The van der Waals surface area contributed by atoms with E-state index in [0.717, 1.165) is 22.3 Å². The van der Waals surface area contributed by atoms with Gasteiger partial charge in [0.15, 0.2) is 5.60 Å². The maximum atomic E-state index is 14.6. The van der Waals surface area contributed by atoms with Crippen LogP contribution in [0.15, 0.2) is 133 Å². The van der Waals surface area contributed by atoms with Gasteiger partial charge >= 0.3 is 12.1 Å². The lowest BCUT2D eigenvalue weighted by atomic mass is 9.79. The molecule has 0 fully saturated rings. The summed E-state index contributed by atoms with van der Waals surface area (Å²) in [6.45, 7) is 6.28. The van der Waals surface area contributed by atoms with Gasteiger partial charge < -0.3 is 20.1 Å². The van der Waals surface area contributed by atoms with Crippen LogP contribution in [0.1, 0.15) is 64.9 Å². The predicted octanol–water partition coefficient (Wildman–Crippen LogP) is 8.32. The Labute approximate surface area is 303 Å². The van der Waals surface area contributed by atoms with E-state index in [1.165, 1.54) is 0 Å². The molecule has 5 aromatic carbocycles. The zero-order valence-electron chi connectivity index (χ0n) is 29.2. The van der Waals surface area contributed by atoms with Crippen molar-refractivity contribution in [3.05, 3.63) is 167 Å². The van der Waals surface area contributed by atoms with Crippen LogP contribution in [0.3, 0.4) is 0 Å². The number of fused-ring (bicyclic) bond motifs is 3. The summed E-state index contributed by atoms with van der Waals surface area (Å²) in [4.78, 5) is 40.6. The second-order valence-corrected chi connectivity index (χ2v) is 15.3. The van der Waals surface area contributed by atoms with Gasteiger partial charge in [0, 0.05) is 45.7 Å². The van der Waals surface area contributed by atoms with E-state index in [9.17, 15) is 14.4 Å². The molecule has 8 heteroatoms. The molecule has 2 N–H and O–H groups in total. The smallest absolute Gasteiger partial charge is 0.407 e. The maximum absolute atomic E-state index is 14.6. The van der Waals surface area contributed by atoms with Gasteiger partial charge in [0.1, 0.15) is 12.6 Å². The molecule has 0 saturated carbocycles. The average Bonchev–Trinajstić information content (AvgIpc) is 3.48. The third kappa shape index (κ3) is 7.71. The summed E-state index contributed by atoms with van der Waals surface area (Å²) < 4.78 is 12.4. The van der Waals surface area contributed by atoms with Crippen molar-refractivity contribution in [2.75, 3.05) is 19.4 Å². The van der Waals surface area contributed by atoms with Crippen molar-refractivity contribution < 1.29 is 23.9 Å². The third-order valence-electron chi connectivity index (χ3n) is 9.00. The Hall–Kier alpha value is -5.34. The zero-order valence-corrected chi connectivity index (χ0v) is 30.0. The molecule has 2 amide bonds. The topological polar surface area (TPSA) is 93.7 Å². The number of esters is 1. The molecule has 0 aliphatic heterocycles. The van der Waals surface area contributed by atoms with Crippen LogP contribution in [0.4, 0.5) is 4.79 Å². The molecule has 6 rings (SSSR count). The fourth-order valence-electron chi connectivity index (χ4n) is 6.53. The second-order valence-electron chi connectivity index (χ2n) is 13.4. The molecule has 5 aromatic rings. The van der Waals surface area contributed by atoms with Crippen molar-refractivity contribution in [2.24, 2.45) is 0 Å². The maximum Gasteiger partial charge on any atom is 0.407 e. The Morgan fingerprint density at radius 2 is 1.18 bits per heavy atom. The summed E-state index contributed by atoms with van der Waals surface area (Å²) in [5, 5.41) is 5.51. The number of alkyl carbamates (subject to hydrolysis) is 1. The second kappa shape index (κ2) is 15.3. The predicted molar refractivity (Wildman–Crippen MR) is 203 cm³/mol. The average molecular weight is 699 g/mol. The van der Waals surface area contributed by atoms with Crippen LogP contribution in [0, 0.1) is 0 Å². The minimum atomic E-state index is -1.41. The van der Waals surface area contributed by atoms with Crippen molar-refractivity contribution in [2.45, 2.75) is 43.1 Å². The van der Waals surface area contributed by atoms with E-state index in [2.05, 4.69) is 55.7 Å². The van der Waals surface area contributed by atoms with Crippen LogP contribution >= 0.6 is 11.8 Å². The van der Waals surface area contributed by atoms with Crippen molar-refractivity contribution in [3.63, 3.8) is 0 Å². The lowest BCUT2D eigenvalue weighted by Crippen LogP contribution is -2.48. The summed E-state index contributed by atoms with van der Waals surface area (Å²) in [6.07, 6.45) is -0.701. The van der Waals surface area contributed by atoms with Gasteiger partial charge in [0.2, 0.25) is 0 Å². The number of hydrogen-bond donors (Lipinski definition) is 2. The van der Waals surface area contributed by atoms with Crippen LogP contribution < -0.4 is 10.6 Å². The molecule has 0 radical (unpaired) electrons. The van der Waals surface area contributed by atoms with E-state index >= 15 is 0 Å². The molecule has 1 atom stereocenters. The zero-order chi connectivity index (χ0) is 36.0. The summed E-state index contributed by atoms with van der Waals surface area (Å²) in [6, 6.07) is 41.3. The monoisotopic (exact) mass is 698 g/mol. The van der Waals surface area contributed by atoms with Gasteiger partial charge in [-0.3, -0.25) is 4.79 Å².